The Morgan fingerprint density at radius 3 is 2.28 bits per heavy atom. The van der Waals surface area contributed by atoms with Crippen LogP contribution in [0, 0.1) is 0 Å². The van der Waals surface area contributed by atoms with Crippen LogP contribution in [0.15, 0.2) is 59.6 Å². The summed E-state index contributed by atoms with van der Waals surface area (Å²) in [7, 11) is -3.82. The van der Waals surface area contributed by atoms with Gasteiger partial charge in [0.25, 0.3) is 0 Å². The van der Waals surface area contributed by atoms with Crippen molar-refractivity contribution in [2.75, 3.05) is 11.1 Å². The summed E-state index contributed by atoms with van der Waals surface area (Å²) in [6.45, 7) is 1.42. The van der Waals surface area contributed by atoms with E-state index in [0.717, 1.165) is 16.6 Å². The molecule has 0 saturated carbocycles. The highest BCUT2D eigenvalue weighted by Gasteiger charge is 2.34. The number of ether oxygens (including phenoxy) is 1. The van der Waals surface area contributed by atoms with E-state index in [0.29, 0.717) is 11.8 Å². The Labute approximate surface area is 199 Å². The number of nitrogens with one attached hydrogen (secondary N) is 1. The summed E-state index contributed by atoms with van der Waals surface area (Å²) in [5.41, 5.74) is -1.20. The highest BCUT2D eigenvalue weighted by molar-refractivity contribution is 7.91. The molecule has 1 N–H and O–H groups in total. The summed E-state index contributed by atoms with van der Waals surface area (Å²) in [6, 6.07) is 9.29. The number of nitrogens with zero attached hydrogens (tertiary/aromatic N) is 4. The molecule has 0 aliphatic rings. The topological polar surface area (TPSA) is 98.5 Å². The fourth-order valence-corrected chi connectivity index (χ4v) is 4.18. The minimum Gasteiger partial charge on any atom is -0.406 e. The molecule has 36 heavy (non-hydrogen) atoms. The number of halogens is 6. The van der Waals surface area contributed by atoms with Crippen LogP contribution < -0.4 is 10.1 Å². The van der Waals surface area contributed by atoms with Crippen LogP contribution in [-0.2, 0) is 16.0 Å². The molecule has 0 unspecified atom stereocenters. The van der Waals surface area contributed by atoms with Crippen molar-refractivity contribution in [3.8, 4) is 17.1 Å². The second kappa shape index (κ2) is 8.96. The van der Waals surface area contributed by atoms with Gasteiger partial charge in [-0.15, -0.1) is 13.2 Å². The van der Waals surface area contributed by atoms with Crippen molar-refractivity contribution in [2.45, 2.75) is 24.4 Å². The second-order valence-electron chi connectivity index (χ2n) is 7.29. The van der Waals surface area contributed by atoms with E-state index in [4.69, 9.17) is 0 Å². The van der Waals surface area contributed by atoms with E-state index in [1.54, 1.807) is 0 Å². The van der Waals surface area contributed by atoms with Crippen molar-refractivity contribution in [3.05, 3.63) is 60.4 Å². The molecule has 15 heteroatoms. The average Bonchev–Trinajstić information content (AvgIpc) is 3.23. The fraction of sp³-hybridized carbons (Fsp3) is 0.190. The molecule has 3 aromatic heterocycles. The smallest absolute Gasteiger partial charge is 0.406 e. The molecule has 0 aliphatic carbocycles. The van der Waals surface area contributed by atoms with Gasteiger partial charge in [0, 0.05) is 18.0 Å². The van der Waals surface area contributed by atoms with Gasteiger partial charge < -0.3 is 10.1 Å². The van der Waals surface area contributed by atoms with E-state index in [2.05, 4.69) is 25.1 Å². The molecule has 0 saturated heterocycles. The van der Waals surface area contributed by atoms with Gasteiger partial charge in [0.05, 0.1) is 16.3 Å². The van der Waals surface area contributed by atoms with E-state index in [9.17, 15) is 34.8 Å². The first-order valence-corrected chi connectivity index (χ1v) is 11.7. The molecule has 0 aliphatic heterocycles. The lowest BCUT2D eigenvalue weighted by atomic mass is 10.2. The predicted octanol–water partition coefficient (Wildman–Crippen LogP) is 5.25. The zero-order chi connectivity index (χ0) is 26.3. The Balaban J connectivity index is 1.73. The van der Waals surface area contributed by atoms with Crippen molar-refractivity contribution < 1.29 is 39.5 Å². The van der Waals surface area contributed by atoms with Crippen LogP contribution >= 0.6 is 0 Å². The van der Waals surface area contributed by atoms with Gasteiger partial charge in [0.1, 0.15) is 17.3 Å². The van der Waals surface area contributed by atoms with Gasteiger partial charge in [0.2, 0.25) is 0 Å². The quantitative estimate of drug-likeness (QED) is 0.340. The summed E-state index contributed by atoms with van der Waals surface area (Å²) in [4.78, 5) is 8.19. The van der Waals surface area contributed by atoms with Gasteiger partial charge in [-0.3, -0.25) is 0 Å². The van der Waals surface area contributed by atoms with Crippen molar-refractivity contribution >= 4 is 27.0 Å². The maximum atomic E-state index is 13.0. The lowest BCUT2D eigenvalue weighted by molar-refractivity contribution is -0.274. The summed E-state index contributed by atoms with van der Waals surface area (Å²) in [6.07, 6.45) is -8.36. The van der Waals surface area contributed by atoms with Crippen LogP contribution in [0.4, 0.5) is 37.8 Å². The number of hydrogen-bond acceptors (Lipinski definition) is 7. The molecular weight excluding hydrogens is 516 g/mol. The Hall–Kier alpha value is -3.88. The number of fused-ring (bicyclic) bond motifs is 1. The van der Waals surface area contributed by atoms with Crippen molar-refractivity contribution in [1.82, 2.24) is 19.6 Å². The van der Waals surface area contributed by atoms with Crippen molar-refractivity contribution in [3.63, 3.8) is 0 Å². The first kappa shape index (κ1) is 25.2. The Bertz CT molecular complexity index is 1520. The van der Waals surface area contributed by atoms with E-state index in [1.807, 2.05) is 0 Å². The molecule has 0 spiro atoms. The third kappa shape index (κ3) is 5.50. The second-order valence-corrected chi connectivity index (χ2v) is 9.53. The molecule has 190 valence electrons. The maximum Gasteiger partial charge on any atom is 0.573 e. The third-order valence-electron chi connectivity index (χ3n) is 4.79. The van der Waals surface area contributed by atoms with Gasteiger partial charge in [0.15, 0.2) is 21.2 Å². The van der Waals surface area contributed by atoms with E-state index < -0.39 is 33.8 Å². The molecule has 0 bridgehead atoms. The SMILES string of the molecule is CCS(=O)(=O)c1ccc(Nc2ccc(OC(F)(F)F)cc2)nc1-c1ccn2nc(C(F)(F)F)cc2n1. The minimum atomic E-state index is -4.85. The first-order chi connectivity index (χ1) is 16.7. The van der Waals surface area contributed by atoms with Gasteiger partial charge >= 0.3 is 12.5 Å². The lowest BCUT2D eigenvalue weighted by Crippen LogP contribution is -2.17. The number of pyridine rings is 1. The Kier molecular flexibility index (Phi) is 6.28. The van der Waals surface area contributed by atoms with E-state index in [1.165, 1.54) is 43.5 Å². The number of aromatic nitrogens is 4. The number of sulfone groups is 1. The highest BCUT2D eigenvalue weighted by atomic mass is 32.2. The molecule has 4 aromatic rings. The molecule has 8 nitrogen and oxygen atoms in total. The maximum absolute atomic E-state index is 13.0. The predicted molar refractivity (Wildman–Crippen MR) is 115 cm³/mol. The van der Waals surface area contributed by atoms with Crippen LogP contribution in [0.1, 0.15) is 12.6 Å². The molecule has 4 rings (SSSR count). The monoisotopic (exact) mass is 531 g/mol. The summed E-state index contributed by atoms with van der Waals surface area (Å²) >= 11 is 0. The summed E-state index contributed by atoms with van der Waals surface area (Å²) in [5.74, 6) is -0.610. The number of hydrogen-bond donors (Lipinski definition) is 1. The van der Waals surface area contributed by atoms with Gasteiger partial charge in [-0.25, -0.2) is 22.9 Å². The van der Waals surface area contributed by atoms with E-state index in [-0.39, 0.29) is 33.5 Å². The first-order valence-electron chi connectivity index (χ1n) is 10.1. The zero-order valence-electron chi connectivity index (χ0n) is 18.1. The van der Waals surface area contributed by atoms with Gasteiger partial charge in [-0.05, 0) is 42.5 Å². The number of anilines is 2. The van der Waals surface area contributed by atoms with Crippen LogP contribution in [0.5, 0.6) is 5.75 Å². The fourth-order valence-electron chi connectivity index (χ4n) is 3.14. The average molecular weight is 531 g/mol. The zero-order valence-corrected chi connectivity index (χ0v) is 18.9. The van der Waals surface area contributed by atoms with Crippen molar-refractivity contribution in [1.29, 1.82) is 0 Å². The molecule has 0 amide bonds. The molecule has 3 heterocycles. The van der Waals surface area contributed by atoms with Crippen LogP contribution in [0.2, 0.25) is 0 Å². The van der Waals surface area contributed by atoms with Crippen LogP contribution in [0.25, 0.3) is 17.0 Å². The Morgan fingerprint density at radius 2 is 1.67 bits per heavy atom. The molecular formula is C21H15F6N5O3S. The Morgan fingerprint density at radius 1 is 0.972 bits per heavy atom. The van der Waals surface area contributed by atoms with E-state index >= 15 is 0 Å². The molecule has 0 fully saturated rings. The highest BCUT2D eigenvalue weighted by Crippen LogP contribution is 2.31. The number of rotatable bonds is 6. The normalized spacial score (nSPS) is 12.6. The summed E-state index contributed by atoms with van der Waals surface area (Å²) < 4.78 is 106. The van der Waals surface area contributed by atoms with Crippen LogP contribution in [0.3, 0.4) is 0 Å². The molecule has 0 radical (unpaired) electrons. The standard InChI is InChI=1S/C21H15F6N5O3S/c1-2-36(33,34)15-7-8-17(28-12-3-5-13(6-4-12)35-21(25,26)27)30-19(15)14-9-10-32-18(29-14)11-16(31-32)20(22,23)24/h3-11H,2H2,1H3,(H,28,30). The largest absolute Gasteiger partial charge is 0.573 e. The third-order valence-corrected chi connectivity index (χ3v) is 6.55. The lowest BCUT2D eigenvalue weighted by Gasteiger charge is -2.13. The number of alkyl halides is 6. The van der Waals surface area contributed by atoms with Gasteiger partial charge in [-0.1, -0.05) is 6.92 Å². The van der Waals surface area contributed by atoms with Crippen molar-refractivity contribution in [2.24, 2.45) is 0 Å². The van der Waals surface area contributed by atoms with Gasteiger partial charge in [-0.2, -0.15) is 18.3 Å². The minimum absolute atomic E-state index is 0.0271. The molecule has 0 atom stereocenters. The number of benzene rings is 1. The van der Waals surface area contributed by atoms with Crippen LogP contribution in [-0.4, -0.2) is 40.1 Å². The summed E-state index contributed by atoms with van der Waals surface area (Å²) in [5, 5.41) is 6.23. The molecule has 1 aromatic carbocycles.